The molecule has 2 aromatic rings. The van der Waals surface area contributed by atoms with Crippen LogP contribution in [0, 0.1) is 0 Å². The summed E-state index contributed by atoms with van der Waals surface area (Å²) < 4.78 is 0. The Morgan fingerprint density at radius 2 is 1.69 bits per heavy atom. The molecule has 0 aliphatic heterocycles. The predicted octanol–water partition coefficient (Wildman–Crippen LogP) is 4.72. The van der Waals surface area contributed by atoms with Crippen molar-refractivity contribution < 1.29 is 0 Å². The van der Waals surface area contributed by atoms with Crippen LogP contribution in [0.15, 0.2) is 35.7 Å². The smallest absolute Gasteiger partial charge is 0.0592 e. The van der Waals surface area contributed by atoms with Crippen molar-refractivity contribution in [3.05, 3.63) is 45.8 Å². The van der Waals surface area contributed by atoms with Gasteiger partial charge in [0.15, 0.2) is 0 Å². The summed E-state index contributed by atoms with van der Waals surface area (Å²) in [7, 11) is 0. The number of benzene rings is 1. The molecule has 0 bridgehead atoms. The zero-order chi connectivity index (χ0) is 9.26. The van der Waals surface area contributed by atoms with Gasteiger partial charge in [0.25, 0.3) is 0 Å². The van der Waals surface area contributed by atoms with Crippen LogP contribution in [0.1, 0.15) is 0 Å². The van der Waals surface area contributed by atoms with Crippen molar-refractivity contribution in [3.8, 4) is 10.4 Å². The van der Waals surface area contributed by atoms with Crippen LogP contribution in [0.2, 0.25) is 10.0 Å². The number of rotatable bonds is 1. The van der Waals surface area contributed by atoms with Gasteiger partial charge in [-0.1, -0.05) is 41.4 Å². The molecule has 2 rings (SSSR count). The SMILES string of the molecule is Clc1ccccc1-c1sccc1Cl. The maximum absolute atomic E-state index is 6.04. The number of hydrogen-bond donors (Lipinski definition) is 0. The molecule has 3 heteroatoms. The Bertz CT molecular complexity index is 420. The van der Waals surface area contributed by atoms with Gasteiger partial charge in [-0.2, -0.15) is 0 Å². The largest absolute Gasteiger partial charge is 0.142 e. The zero-order valence-electron chi connectivity index (χ0n) is 6.63. The lowest BCUT2D eigenvalue weighted by atomic mass is 10.2. The molecule has 0 saturated carbocycles. The highest BCUT2D eigenvalue weighted by molar-refractivity contribution is 7.14. The van der Waals surface area contributed by atoms with E-state index in [-0.39, 0.29) is 0 Å². The van der Waals surface area contributed by atoms with Gasteiger partial charge in [-0.05, 0) is 17.5 Å². The summed E-state index contributed by atoms with van der Waals surface area (Å²) >= 11 is 13.6. The van der Waals surface area contributed by atoms with E-state index in [1.165, 1.54) is 0 Å². The van der Waals surface area contributed by atoms with E-state index in [0.29, 0.717) is 0 Å². The van der Waals surface area contributed by atoms with E-state index in [4.69, 9.17) is 23.2 Å². The highest BCUT2D eigenvalue weighted by atomic mass is 35.5. The van der Waals surface area contributed by atoms with E-state index in [9.17, 15) is 0 Å². The van der Waals surface area contributed by atoms with Crippen LogP contribution in [0.25, 0.3) is 10.4 Å². The van der Waals surface area contributed by atoms with Crippen LogP contribution in [-0.2, 0) is 0 Å². The van der Waals surface area contributed by atoms with Gasteiger partial charge in [0.05, 0.1) is 9.90 Å². The fourth-order valence-corrected chi connectivity index (χ4v) is 2.62. The molecule has 13 heavy (non-hydrogen) atoms. The van der Waals surface area contributed by atoms with E-state index in [0.717, 1.165) is 20.5 Å². The first-order chi connectivity index (χ1) is 6.29. The third-order valence-corrected chi connectivity index (χ3v) is 3.44. The Morgan fingerprint density at radius 3 is 2.31 bits per heavy atom. The number of thiophene rings is 1. The van der Waals surface area contributed by atoms with Crippen LogP contribution in [0.3, 0.4) is 0 Å². The summed E-state index contributed by atoms with van der Waals surface area (Å²) in [6.07, 6.45) is 0. The molecule has 1 aromatic carbocycles. The van der Waals surface area contributed by atoms with E-state index >= 15 is 0 Å². The highest BCUT2D eigenvalue weighted by Crippen LogP contribution is 2.36. The normalized spacial score (nSPS) is 10.3. The molecule has 1 aromatic heterocycles. The van der Waals surface area contributed by atoms with Crippen LogP contribution >= 0.6 is 34.5 Å². The number of halogens is 2. The van der Waals surface area contributed by atoms with Gasteiger partial charge in [0.2, 0.25) is 0 Å². The monoisotopic (exact) mass is 228 g/mol. The average Bonchev–Trinajstić information content (AvgIpc) is 2.52. The Hall–Kier alpha value is -0.500. The first kappa shape index (κ1) is 9.07. The van der Waals surface area contributed by atoms with Gasteiger partial charge in [0.1, 0.15) is 0 Å². The molecule has 0 amide bonds. The van der Waals surface area contributed by atoms with Crippen molar-refractivity contribution in [1.29, 1.82) is 0 Å². The molecule has 0 radical (unpaired) electrons. The molecule has 0 unspecified atom stereocenters. The van der Waals surface area contributed by atoms with Crippen molar-refractivity contribution in [3.63, 3.8) is 0 Å². The van der Waals surface area contributed by atoms with E-state index in [1.54, 1.807) is 11.3 Å². The molecule has 66 valence electrons. The van der Waals surface area contributed by atoms with Crippen LogP contribution < -0.4 is 0 Å². The molecule has 0 aliphatic rings. The Kier molecular flexibility index (Phi) is 2.58. The Morgan fingerprint density at radius 1 is 0.923 bits per heavy atom. The second-order valence-corrected chi connectivity index (χ2v) is 4.31. The highest BCUT2D eigenvalue weighted by Gasteiger charge is 2.07. The molecule has 0 nitrogen and oxygen atoms in total. The summed E-state index contributed by atoms with van der Waals surface area (Å²) in [6.45, 7) is 0. The van der Waals surface area contributed by atoms with Crippen molar-refractivity contribution in [2.75, 3.05) is 0 Å². The summed E-state index contributed by atoms with van der Waals surface area (Å²) in [4.78, 5) is 1.03. The molecule has 0 N–H and O–H groups in total. The fourth-order valence-electron chi connectivity index (χ4n) is 1.13. The second-order valence-electron chi connectivity index (χ2n) is 2.58. The van der Waals surface area contributed by atoms with Crippen LogP contribution in [-0.4, -0.2) is 0 Å². The van der Waals surface area contributed by atoms with Gasteiger partial charge in [-0.3, -0.25) is 0 Å². The fraction of sp³-hybridized carbons (Fsp3) is 0. The number of hydrogen-bond acceptors (Lipinski definition) is 1. The van der Waals surface area contributed by atoms with Crippen molar-refractivity contribution in [2.45, 2.75) is 0 Å². The molecule has 1 heterocycles. The first-order valence-corrected chi connectivity index (χ1v) is 5.40. The van der Waals surface area contributed by atoms with Gasteiger partial charge in [-0.25, -0.2) is 0 Å². The molecule has 0 saturated heterocycles. The quantitative estimate of drug-likeness (QED) is 0.663. The molecular weight excluding hydrogens is 223 g/mol. The van der Waals surface area contributed by atoms with Crippen molar-refractivity contribution in [2.24, 2.45) is 0 Å². The minimum Gasteiger partial charge on any atom is -0.142 e. The average molecular weight is 229 g/mol. The lowest BCUT2D eigenvalue weighted by Gasteiger charge is -2.00. The lowest BCUT2D eigenvalue weighted by molar-refractivity contribution is 1.69. The van der Waals surface area contributed by atoms with Gasteiger partial charge in [0, 0.05) is 10.6 Å². The lowest BCUT2D eigenvalue weighted by Crippen LogP contribution is -1.73. The standard InChI is InChI=1S/C10H6Cl2S/c11-8-4-2-1-3-7(8)10-9(12)5-6-13-10/h1-6H. The molecular formula is C10H6Cl2S. The minimum atomic E-state index is 0.742. The van der Waals surface area contributed by atoms with Crippen molar-refractivity contribution >= 4 is 34.5 Å². The maximum atomic E-state index is 6.04. The maximum Gasteiger partial charge on any atom is 0.0592 e. The Balaban J connectivity index is 2.59. The molecule has 0 atom stereocenters. The van der Waals surface area contributed by atoms with Gasteiger partial charge in [-0.15, -0.1) is 11.3 Å². The van der Waals surface area contributed by atoms with E-state index in [1.807, 2.05) is 35.7 Å². The molecule has 0 aliphatic carbocycles. The second kappa shape index (κ2) is 3.70. The van der Waals surface area contributed by atoms with Crippen molar-refractivity contribution in [1.82, 2.24) is 0 Å². The molecule has 0 fully saturated rings. The summed E-state index contributed by atoms with van der Waals surface area (Å²) in [5, 5.41) is 3.46. The Labute approximate surface area is 90.7 Å². The molecule has 0 spiro atoms. The third kappa shape index (κ3) is 1.73. The third-order valence-electron chi connectivity index (χ3n) is 1.74. The van der Waals surface area contributed by atoms with Gasteiger partial charge >= 0.3 is 0 Å². The summed E-state index contributed by atoms with van der Waals surface area (Å²) in [6, 6.07) is 9.59. The van der Waals surface area contributed by atoms with Gasteiger partial charge < -0.3 is 0 Å². The first-order valence-electron chi connectivity index (χ1n) is 3.77. The van der Waals surface area contributed by atoms with Crippen LogP contribution in [0.4, 0.5) is 0 Å². The summed E-state index contributed by atoms with van der Waals surface area (Å²) in [5.41, 5.74) is 1.00. The minimum absolute atomic E-state index is 0.742. The van der Waals surface area contributed by atoms with E-state index < -0.39 is 0 Å². The zero-order valence-corrected chi connectivity index (χ0v) is 8.96. The van der Waals surface area contributed by atoms with E-state index in [2.05, 4.69) is 0 Å². The van der Waals surface area contributed by atoms with Crippen LogP contribution in [0.5, 0.6) is 0 Å². The predicted molar refractivity (Wildman–Crippen MR) is 59.8 cm³/mol. The topological polar surface area (TPSA) is 0 Å². The summed E-state index contributed by atoms with van der Waals surface area (Å²) in [5.74, 6) is 0.